The number of hydrogen-bond acceptors (Lipinski definition) is 2. The van der Waals surface area contributed by atoms with Gasteiger partial charge in [0.25, 0.3) is 0 Å². The van der Waals surface area contributed by atoms with Crippen LogP contribution in [0.4, 0.5) is 10.2 Å². The van der Waals surface area contributed by atoms with Crippen LogP contribution < -0.4 is 5.73 Å². The van der Waals surface area contributed by atoms with Crippen molar-refractivity contribution in [1.29, 1.82) is 0 Å². The third-order valence-electron chi connectivity index (χ3n) is 2.69. The van der Waals surface area contributed by atoms with Crippen LogP contribution in [-0.4, -0.2) is 4.98 Å². The van der Waals surface area contributed by atoms with Gasteiger partial charge in [0.05, 0.1) is 0 Å². The summed E-state index contributed by atoms with van der Waals surface area (Å²) in [6.45, 7) is 6.30. The van der Waals surface area contributed by atoms with Crippen LogP contribution in [0.15, 0.2) is 24.4 Å². The molecule has 1 aromatic carbocycles. The fourth-order valence-corrected chi connectivity index (χ4v) is 1.83. The molecule has 2 N–H and O–H groups in total. The molecule has 0 atom stereocenters. The van der Waals surface area contributed by atoms with Crippen molar-refractivity contribution in [2.75, 3.05) is 5.73 Å². The molecule has 1 aromatic heterocycles. The normalized spacial score (nSPS) is 12.0. The molecular weight excluding hydrogens is 203 g/mol. The summed E-state index contributed by atoms with van der Waals surface area (Å²) in [5.41, 5.74) is 6.81. The SMILES string of the molecule is CC(C)(C)c1cnc(N)c2cc(F)ccc12. The Labute approximate surface area is 94.3 Å². The van der Waals surface area contributed by atoms with Gasteiger partial charge in [-0.1, -0.05) is 26.8 Å². The van der Waals surface area contributed by atoms with E-state index >= 15 is 0 Å². The molecule has 2 aromatic rings. The van der Waals surface area contributed by atoms with E-state index in [1.165, 1.54) is 12.1 Å². The summed E-state index contributed by atoms with van der Waals surface area (Å²) >= 11 is 0. The first-order valence-corrected chi connectivity index (χ1v) is 5.24. The van der Waals surface area contributed by atoms with E-state index in [1.807, 2.05) is 0 Å². The second-order valence-corrected chi connectivity index (χ2v) is 5.00. The summed E-state index contributed by atoms with van der Waals surface area (Å²) in [7, 11) is 0. The van der Waals surface area contributed by atoms with E-state index in [4.69, 9.17) is 5.73 Å². The lowest BCUT2D eigenvalue weighted by molar-refractivity contribution is 0.593. The van der Waals surface area contributed by atoms with E-state index in [0.29, 0.717) is 11.2 Å². The Kier molecular flexibility index (Phi) is 2.34. The van der Waals surface area contributed by atoms with Crippen LogP contribution in [0.5, 0.6) is 0 Å². The smallest absolute Gasteiger partial charge is 0.131 e. The molecule has 0 radical (unpaired) electrons. The largest absolute Gasteiger partial charge is 0.383 e. The Morgan fingerprint density at radius 3 is 2.50 bits per heavy atom. The summed E-state index contributed by atoms with van der Waals surface area (Å²) in [6.07, 6.45) is 1.77. The van der Waals surface area contributed by atoms with Crippen LogP contribution in [0.25, 0.3) is 10.8 Å². The molecular formula is C13H15FN2. The number of benzene rings is 1. The lowest BCUT2D eigenvalue weighted by atomic mass is 9.85. The summed E-state index contributed by atoms with van der Waals surface area (Å²) in [6, 6.07) is 4.66. The van der Waals surface area contributed by atoms with Gasteiger partial charge in [-0.15, -0.1) is 0 Å². The van der Waals surface area contributed by atoms with Gasteiger partial charge in [-0.25, -0.2) is 9.37 Å². The lowest BCUT2D eigenvalue weighted by Gasteiger charge is -2.21. The monoisotopic (exact) mass is 218 g/mol. The summed E-state index contributed by atoms with van der Waals surface area (Å²) in [4.78, 5) is 4.13. The number of anilines is 1. The number of halogens is 1. The van der Waals surface area contributed by atoms with Crippen LogP contribution in [0, 0.1) is 5.82 Å². The predicted molar refractivity (Wildman–Crippen MR) is 64.8 cm³/mol. The van der Waals surface area contributed by atoms with Crippen LogP contribution in [0.1, 0.15) is 26.3 Å². The Hall–Kier alpha value is -1.64. The quantitative estimate of drug-likeness (QED) is 0.737. The molecule has 16 heavy (non-hydrogen) atoms. The topological polar surface area (TPSA) is 38.9 Å². The highest BCUT2D eigenvalue weighted by molar-refractivity contribution is 5.93. The molecule has 0 bridgehead atoms. The molecule has 1 heterocycles. The van der Waals surface area contributed by atoms with Crippen molar-refractivity contribution in [3.05, 3.63) is 35.8 Å². The second kappa shape index (κ2) is 3.44. The molecule has 3 heteroatoms. The maximum absolute atomic E-state index is 13.2. The Bertz CT molecular complexity index is 541. The molecule has 0 aliphatic heterocycles. The highest BCUT2D eigenvalue weighted by Crippen LogP contribution is 2.31. The van der Waals surface area contributed by atoms with Crippen LogP contribution >= 0.6 is 0 Å². The number of nitrogens with two attached hydrogens (primary N) is 1. The summed E-state index contributed by atoms with van der Waals surface area (Å²) in [5, 5.41) is 1.66. The average Bonchev–Trinajstić information content (AvgIpc) is 2.17. The Balaban J connectivity index is 2.85. The van der Waals surface area contributed by atoms with E-state index in [9.17, 15) is 4.39 Å². The van der Waals surface area contributed by atoms with Crippen LogP contribution in [0.3, 0.4) is 0 Å². The van der Waals surface area contributed by atoms with Gasteiger partial charge in [-0.2, -0.15) is 0 Å². The van der Waals surface area contributed by atoms with E-state index in [0.717, 1.165) is 10.9 Å². The van der Waals surface area contributed by atoms with Gasteiger partial charge < -0.3 is 5.73 Å². The number of aromatic nitrogens is 1. The van der Waals surface area contributed by atoms with Crippen molar-refractivity contribution in [2.45, 2.75) is 26.2 Å². The number of nitrogens with zero attached hydrogens (tertiary/aromatic N) is 1. The number of nitrogen functional groups attached to an aromatic ring is 1. The molecule has 0 unspecified atom stereocenters. The van der Waals surface area contributed by atoms with Gasteiger partial charge in [-0.05, 0) is 28.5 Å². The molecule has 2 nitrogen and oxygen atoms in total. The zero-order valence-corrected chi connectivity index (χ0v) is 9.71. The maximum atomic E-state index is 13.2. The first kappa shape index (κ1) is 10.9. The lowest BCUT2D eigenvalue weighted by Crippen LogP contribution is -2.13. The van der Waals surface area contributed by atoms with Gasteiger partial charge in [0.2, 0.25) is 0 Å². The van der Waals surface area contributed by atoms with Crippen molar-refractivity contribution < 1.29 is 4.39 Å². The first-order valence-electron chi connectivity index (χ1n) is 5.24. The fourth-order valence-electron chi connectivity index (χ4n) is 1.83. The van der Waals surface area contributed by atoms with Crippen molar-refractivity contribution in [3.63, 3.8) is 0 Å². The van der Waals surface area contributed by atoms with E-state index in [1.54, 1.807) is 12.3 Å². The third-order valence-corrected chi connectivity index (χ3v) is 2.69. The molecule has 2 rings (SSSR count). The molecule has 0 saturated heterocycles. The molecule has 0 fully saturated rings. The zero-order valence-electron chi connectivity index (χ0n) is 9.71. The van der Waals surface area contributed by atoms with Crippen LogP contribution in [0.2, 0.25) is 0 Å². The minimum atomic E-state index is -0.285. The van der Waals surface area contributed by atoms with Crippen molar-refractivity contribution in [3.8, 4) is 0 Å². The van der Waals surface area contributed by atoms with Gasteiger partial charge >= 0.3 is 0 Å². The van der Waals surface area contributed by atoms with Crippen molar-refractivity contribution in [1.82, 2.24) is 4.98 Å². The standard InChI is InChI=1S/C13H15FN2/c1-13(2,3)11-7-16-12(15)10-6-8(14)4-5-9(10)11/h4-7H,1-3H3,(H2,15,16). The highest BCUT2D eigenvalue weighted by atomic mass is 19.1. The first-order chi connectivity index (χ1) is 7.39. The molecule has 84 valence electrons. The molecule has 0 saturated carbocycles. The maximum Gasteiger partial charge on any atom is 0.131 e. The van der Waals surface area contributed by atoms with Gasteiger partial charge in [0.15, 0.2) is 0 Å². The molecule has 0 aliphatic carbocycles. The van der Waals surface area contributed by atoms with Gasteiger partial charge in [-0.3, -0.25) is 0 Å². The third kappa shape index (κ3) is 1.73. The van der Waals surface area contributed by atoms with E-state index in [2.05, 4.69) is 25.8 Å². The number of hydrogen-bond donors (Lipinski definition) is 1. The molecule has 0 aliphatic rings. The highest BCUT2D eigenvalue weighted by Gasteiger charge is 2.18. The number of fused-ring (bicyclic) bond motifs is 1. The Morgan fingerprint density at radius 2 is 1.88 bits per heavy atom. The van der Waals surface area contributed by atoms with E-state index in [-0.39, 0.29) is 11.2 Å². The molecule has 0 amide bonds. The minimum absolute atomic E-state index is 0.0310. The average molecular weight is 218 g/mol. The van der Waals surface area contributed by atoms with Crippen LogP contribution in [-0.2, 0) is 5.41 Å². The van der Waals surface area contributed by atoms with Gasteiger partial charge in [0, 0.05) is 11.6 Å². The van der Waals surface area contributed by atoms with Gasteiger partial charge in [0.1, 0.15) is 11.6 Å². The van der Waals surface area contributed by atoms with Crippen molar-refractivity contribution >= 4 is 16.6 Å². The summed E-state index contributed by atoms with van der Waals surface area (Å²) in [5.74, 6) is 0.0922. The molecule has 0 spiro atoms. The fraction of sp³-hybridized carbons (Fsp3) is 0.308. The van der Waals surface area contributed by atoms with Crippen molar-refractivity contribution in [2.24, 2.45) is 0 Å². The van der Waals surface area contributed by atoms with E-state index < -0.39 is 0 Å². The zero-order chi connectivity index (χ0) is 11.9. The minimum Gasteiger partial charge on any atom is -0.383 e. The number of pyridine rings is 1. The Morgan fingerprint density at radius 1 is 1.19 bits per heavy atom. The summed E-state index contributed by atoms with van der Waals surface area (Å²) < 4.78 is 13.2. The second-order valence-electron chi connectivity index (χ2n) is 5.00. The number of rotatable bonds is 0. The predicted octanol–water partition coefficient (Wildman–Crippen LogP) is 3.25.